The van der Waals surface area contributed by atoms with Crippen molar-refractivity contribution in [3.8, 4) is 0 Å². The number of benzene rings is 1. The summed E-state index contributed by atoms with van der Waals surface area (Å²) in [5.74, 6) is 1.63. The highest BCUT2D eigenvalue weighted by atomic mass is 16.5. The van der Waals surface area contributed by atoms with E-state index in [0.717, 1.165) is 44.8 Å². The van der Waals surface area contributed by atoms with Gasteiger partial charge < -0.3 is 19.9 Å². The zero-order valence-electron chi connectivity index (χ0n) is 17.1. The van der Waals surface area contributed by atoms with Crippen molar-refractivity contribution < 1.29 is 4.74 Å². The average Bonchev–Trinajstić information content (AvgIpc) is 3.38. The van der Waals surface area contributed by atoms with Crippen molar-refractivity contribution >= 4 is 5.96 Å². The molecule has 0 radical (unpaired) electrons. The summed E-state index contributed by atoms with van der Waals surface area (Å²) in [5, 5.41) is 3.56. The average molecular weight is 373 g/mol. The minimum absolute atomic E-state index is 0.591. The van der Waals surface area contributed by atoms with Crippen LogP contribution in [-0.4, -0.2) is 68.7 Å². The number of guanidine groups is 1. The van der Waals surface area contributed by atoms with E-state index in [1.165, 1.54) is 37.7 Å². The first-order valence-electron chi connectivity index (χ1n) is 10.5. The predicted molar refractivity (Wildman–Crippen MR) is 112 cm³/mol. The van der Waals surface area contributed by atoms with Crippen LogP contribution in [0.25, 0.3) is 0 Å². The van der Waals surface area contributed by atoms with Crippen LogP contribution >= 0.6 is 0 Å². The Hall–Kier alpha value is -1.59. The van der Waals surface area contributed by atoms with Gasteiger partial charge in [0.05, 0.1) is 13.2 Å². The van der Waals surface area contributed by atoms with Gasteiger partial charge >= 0.3 is 0 Å². The van der Waals surface area contributed by atoms with E-state index in [-0.39, 0.29) is 0 Å². The van der Waals surface area contributed by atoms with Crippen LogP contribution in [0.2, 0.25) is 0 Å². The maximum absolute atomic E-state index is 5.94. The number of likely N-dealkylation sites (tertiary alicyclic amines) is 1. The van der Waals surface area contributed by atoms with E-state index in [2.05, 4.69) is 51.4 Å². The number of nitrogens with zero attached hydrogens (tertiary/aromatic N) is 3. The molecule has 0 amide bonds. The molecular weight excluding hydrogens is 336 g/mol. The molecule has 3 rings (SSSR count). The molecule has 2 fully saturated rings. The maximum Gasteiger partial charge on any atom is 0.193 e. The zero-order chi connectivity index (χ0) is 18.9. The Labute approximate surface area is 164 Å². The molecule has 0 bridgehead atoms. The van der Waals surface area contributed by atoms with E-state index in [4.69, 9.17) is 4.74 Å². The highest BCUT2D eigenvalue weighted by Gasteiger charge is 2.25. The number of nitrogens with one attached hydrogen (secondary N) is 1. The van der Waals surface area contributed by atoms with Crippen molar-refractivity contribution in [2.45, 2.75) is 44.8 Å². The van der Waals surface area contributed by atoms with Gasteiger partial charge in [0.25, 0.3) is 0 Å². The van der Waals surface area contributed by atoms with Crippen molar-refractivity contribution in [1.29, 1.82) is 0 Å². The molecule has 1 aromatic rings. The summed E-state index contributed by atoms with van der Waals surface area (Å²) >= 11 is 0. The second kappa shape index (κ2) is 10.7. The van der Waals surface area contributed by atoms with Gasteiger partial charge in [0.1, 0.15) is 0 Å². The third kappa shape index (κ3) is 6.22. The fraction of sp³-hybridized carbons (Fsp3) is 0.682. The number of rotatable bonds is 8. The molecule has 0 spiro atoms. The second-order valence-corrected chi connectivity index (χ2v) is 7.99. The molecule has 1 aromatic carbocycles. The molecule has 1 atom stereocenters. The maximum atomic E-state index is 5.94. The molecule has 5 nitrogen and oxygen atoms in total. The van der Waals surface area contributed by atoms with Crippen LogP contribution in [-0.2, 0) is 11.3 Å². The van der Waals surface area contributed by atoms with Gasteiger partial charge in [-0.05, 0) is 31.9 Å². The summed E-state index contributed by atoms with van der Waals surface area (Å²) in [4.78, 5) is 9.39. The van der Waals surface area contributed by atoms with Gasteiger partial charge in [-0.1, -0.05) is 43.2 Å². The first-order chi connectivity index (χ1) is 13.3. The predicted octanol–water partition coefficient (Wildman–Crippen LogP) is 2.97. The van der Waals surface area contributed by atoms with Crippen LogP contribution in [0, 0.1) is 5.92 Å². The largest absolute Gasteiger partial charge is 0.376 e. The van der Waals surface area contributed by atoms with Crippen LogP contribution < -0.4 is 5.32 Å². The molecule has 0 aromatic heterocycles. The number of hydrogen-bond acceptors (Lipinski definition) is 3. The molecule has 5 heteroatoms. The Morgan fingerprint density at radius 1 is 1.22 bits per heavy atom. The normalized spacial score (nSPS) is 21.4. The Balaban J connectivity index is 1.33. The fourth-order valence-electron chi connectivity index (χ4n) is 4.28. The first kappa shape index (κ1) is 20.2. The molecule has 1 aliphatic carbocycles. The number of likely N-dealkylation sites (N-methyl/N-ethyl adjacent to an activating group) is 1. The topological polar surface area (TPSA) is 40.1 Å². The van der Waals surface area contributed by atoms with Gasteiger partial charge in [0.15, 0.2) is 5.96 Å². The van der Waals surface area contributed by atoms with Crippen LogP contribution in [0.5, 0.6) is 0 Å². The summed E-state index contributed by atoms with van der Waals surface area (Å²) < 4.78 is 5.94. The third-order valence-corrected chi connectivity index (χ3v) is 5.96. The molecular formula is C22H36N4O. The van der Waals surface area contributed by atoms with Gasteiger partial charge in [-0.15, -0.1) is 0 Å². The van der Waals surface area contributed by atoms with Crippen LogP contribution in [0.1, 0.15) is 37.7 Å². The first-order valence-corrected chi connectivity index (χ1v) is 10.5. The van der Waals surface area contributed by atoms with E-state index < -0.39 is 0 Å². The molecule has 150 valence electrons. The van der Waals surface area contributed by atoms with E-state index in [1.807, 2.05) is 13.1 Å². The SMILES string of the molecule is CN=C(NCCN(C)C1CCCC1)N1CCC(COCc2ccccc2)C1. The van der Waals surface area contributed by atoms with Crippen LogP contribution in [0.4, 0.5) is 0 Å². The van der Waals surface area contributed by atoms with Crippen LogP contribution in [0.3, 0.4) is 0 Å². The summed E-state index contributed by atoms with van der Waals surface area (Å²) in [6.07, 6.45) is 6.69. The van der Waals surface area contributed by atoms with Gasteiger partial charge in [-0.25, -0.2) is 0 Å². The van der Waals surface area contributed by atoms with Gasteiger partial charge in [-0.3, -0.25) is 4.99 Å². The number of hydrogen-bond donors (Lipinski definition) is 1. The molecule has 2 aliphatic rings. The third-order valence-electron chi connectivity index (χ3n) is 5.96. The lowest BCUT2D eigenvalue weighted by atomic mass is 10.1. The molecule has 1 saturated heterocycles. The fourth-order valence-corrected chi connectivity index (χ4v) is 4.28. The zero-order valence-corrected chi connectivity index (χ0v) is 17.1. The molecule has 1 unspecified atom stereocenters. The second-order valence-electron chi connectivity index (χ2n) is 7.99. The Morgan fingerprint density at radius 3 is 2.74 bits per heavy atom. The van der Waals surface area contributed by atoms with E-state index in [1.54, 1.807) is 0 Å². The van der Waals surface area contributed by atoms with E-state index in [0.29, 0.717) is 12.5 Å². The van der Waals surface area contributed by atoms with Crippen molar-refractivity contribution in [3.05, 3.63) is 35.9 Å². The Morgan fingerprint density at radius 2 is 2.00 bits per heavy atom. The van der Waals surface area contributed by atoms with Crippen molar-refractivity contribution in [2.75, 3.05) is 46.9 Å². The molecule has 1 heterocycles. The molecule has 1 saturated carbocycles. The van der Waals surface area contributed by atoms with Crippen molar-refractivity contribution in [1.82, 2.24) is 15.1 Å². The smallest absolute Gasteiger partial charge is 0.193 e. The lowest BCUT2D eigenvalue weighted by Crippen LogP contribution is -2.44. The molecule has 1 aliphatic heterocycles. The minimum atomic E-state index is 0.591. The van der Waals surface area contributed by atoms with Crippen LogP contribution in [0.15, 0.2) is 35.3 Å². The molecule has 1 N–H and O–H groups in total. The highest BCUT2D eigenvalue weighted by Crippen LogP contribution is 2.22. The summed E-state index contributed by atoms with van der Waals surface area (Å²) in [6.45, 7) is 5.68. The highest BCUT2D eigenvalue weighted by molar-refractivity contribution is 5.80. The Kier molecular flexibility index (Phi) is 7.96. The van der Waals surface area contributed by atoms with E-state index in [9.17, 15) is 0 Å². The summed E-state index contributed by atoms with van der Waals surface area (Å²) in [6, 6.07) is 11.2. The number of ether oxygens (including phenoxy) is 1. The number of aliphatic imine (C=N–C) groups is 1. The van der Waals surface area contributed by atoms with E-state index >= 15 is 0 Å². The monoisotopic (exact) mass is 372 g/mol. The Bertz CT molecular complexity index is 571. The lowest BCUT2D eigenvalue weighted by molar-refractivity contribution is 0.0906. The van der Waals surface area contributed by atoms with Crippen molar-refractivity contribution in [2.24, 2.45) is 10.9 Å². The summed E-state index contributed by atoms with van der Waals surface area (Å²) in [5.41, 5.74) is 1.25. The quantitative estimate of drug-likeness (QED) is 0.563. The van der Waals surface area contributed by atoms with Gasteiger partial charge in [-0.2, -0.15) is 0 Å². The molecule has 27 heavy (non-hydrogen) atoms. The standard InChI is InChI=1S/C22H36N4O/c1-23-22(24-13-15-25(2)21-10-6-7-11-21)26-14-12-20(16-26)18-27-17-19-8-4-3-5-9-19/h3-5,8-9,20-21H,6-7,10-18H2,1-2H3,(H,23,24). The van der Waals surface area contributed by atoms with Gasteiger partial charge in [0.2, 0.25) is 0 Å². The summed E-state index contributed by atoms with van der Waals surface area (Å²) in [7, 11) is 4.15. The van der Waals surface area contributed by atoms with Crippen molar-refractivity contribution in [3.63, 3.8) is 0 Å². The van der Waals surface area contributed by atoms with Gasteiger partial charge in [0, 0.05) is 45.2 Å². The minimum Gasteiger partial charge on any atom is -0.376 e. The lowest BCUT2D eigenvalue weighted by Gasteiger charge is -2.26.